The molecule has 0 N–H and O–H groups in total. The molecule has 0 aliphatic carbocycles. The minimum Gasteiger partial charge on any atom is -0.259 e. The summed E-state index contributed by atoms with van der Waals surface area (Å²) in [6.45, 7) is 0. The molecule has 58 valence electrons. The van der Waals surface area contributed by atoms with Crippen molar-refractivity contribution in [2.45, 2.75) is 5.03 Å². The molecule has 0 saturated carbocycles. The molecule has 0 bridgehead atoms. The van der Waals surface area contributed by atoms with Gasteiger partial charge in [-0.25, -0.2) is 0 Å². The highest BCUT2D eigenvalue weighted by Gasteiger charge is 2.06. The summed E-state index contributed by atoms with van der Waals surface area (Å²) in [5, 5.41) is 1.16. The highest BCUT2D eigenvalue weighted by atomic mass is 32.2. The molecule has 1 aromatic heterocycles. The lowest BCUT2D eigenvalue weighted by Gasteiger charge is -2.11. The molecule has 1 aromatic rings. The summed E-state index contributed by atoms with van der Waals surface area (Å²) in [6.07, 6.45) is 2.07. The number of hydrogen-bond donors (Lipinski definition) is 0. The molecule has 0 radical (unpaired) electrons. The van der Waals surface area contributed by atoms with E-state index in [-0.39, 0.29) is 0 Å². The zero-order chi connectivity index (χ0) is 9.30. The van der Waals surface area contributed by atoms with E-state index in [2.05, 4.69) is 42.6 Å². The molecule has 1 rings (SSSR count). The van der Waals surface area contributed by atoms with E-state index in [1.807, 2.05) is 0 Å². The predicted octanol–water partition coefficient (Wildman–Crippen LogP) is -5.16. The van der Waals surface area contributed by atoms with E-state index in [0.717, 1.165) is 10.6 Å². The van der Waals surface area contributed by atoms with E-state index in [9.17, 15) is 0 Å². The van der Waals surface area contributed by atoms with Crippen LogP contribution in [0.25, 0.3) is 0 Å². The van der Waals surface area contributed by atoms with Crippen LogP contribution in [0.2, 0.25) is 0 Å². The van der Waals surface area contributed by atoms with Crippen LogP contribution in [-0.4, -0.2) is 42.6 Å². The van der Waals surface area contributed by atoms with Gasteiger partial charge in [-0.2, -0.15) is 0 Å². The Hall–Kier alpha value is -0.240. The van der Waals surface area contributed by atoms with Crippen LogP contribution < -0.4 is 22.0 Å². The molecule has 1 heterocycles. The minimum absolute atomic E-state index is 1.16. The van der Waals surface area contributed by atoms with E-state index < -0.39 is 0 Å². The fourth-order valence-electron chi connectivity index (χ4n) is 1.23. The third-order valence-electron chi connectivity index (χ3n) is 2.45. The van der Waals surface area contributed by atoms with Gasteiger partial charge in [-0.05, 0) is 11.8 Å². The fraction of sp³-hybridized carbons (Fsp3) is 0.167. The second-order valence-electron chi connectivity index (χ2n) is 3.08. The predicted molar refractivity (Wildman–Crippen MR) is 68.7 cm³/mol. The Kier molecular flexibility index (Phi) is 2.99. The van der Waals surface area contributed by atoms with Crippen molar-refractivity contribution < 1.29 is 0 Å². The van der Waals surface area contributed by atoms with Crippen molar-refractivity contribution in [1.29, 1.82) is 0 Å². The van der Waals surface area contributed by atoms with Gasteiger partial charge in [-0.3, -0.25) is 4.98 Å². The first-order chi connectivity index (χ1) is 5.57. The molecule has 1 nitrogen and oxygen atoms in total. The van der Waals surface area contributed by atoms with E-state index in [1.165, 1.54) is 16.4 Å². The number of pyridine rings is 1. The van der Waals surface area contributed by atoms with E-state index in [4.69, 9.17) is 0 Å². The van der Waals surface area contributed by atoms with Gasteiger partial charge in [0.25, 0.3) is 0 Å². The second-order valence-corrected chi connectivity index (χ2v) is 3.88. The van der Waals surface area contributed by atoms with Crippen molar-refractivity contribution in [3.63, 3.8) is 0 Å². The summed E-state index contributed by atoms with van der Waals surface area (Å²) >= 11 is 1.72. The van der Waals surface area contributed by atoms with Crippen molar-refractivity contribution in [1.82, 2.24) is 4.98 Å². The lowest BCUT2D eigenvalue weighted by Crippen LogP contribution is -2.49. The summed E-state index contributed by atoms with van der Waals surface area (Å²) < 4.78 is 0. The minimum atomic E-state index is 1.16. The van der Waals surface area contributed by atoms with Gasteiger partial charge in [0.1, 0.15) is 23.5 Å². The third kappa shape index (κ3) is 1.58. The molecule has 0 aromatic carbocycles. The quantitative estimate of drug-likeness (QED) is 0.310. The van der Waals surface area contributed by atoms with Gasteiger partial charge in [0.15, 0.2) is 7.85 Å². The standard InChI is InChI=1S/C6H11B4NS/c1-12-6-4(9)2(7)3(8)5(10)11-6/h7-10H2,1H3. The Bertz CT molecular complexity index is 315. The first kappa shape index (κ1) is 9.84. The second kappa shape index (κ2) is 3.65. The molecule has 0 amide bonds. The van der Waals surface area contributed by atoms with Crippen molar-refractivity contribution in [2.75, 3.05) is 6.26 Å². The molecular weight excluding hydrogens is 161 g/mol. The molecule has 0 spiro atoms. The van der Waals surface area contributed by atoms with Crippen molar-refractivity contribution in [3.05, 3.63) is 0 Å². The van der Waals surface area contributed by atoms with Crippen LogP contribution in [0.4, 0.5) is 0 Å². The molecule has 0 saturated heterocycles. The van der Waals surface area contributed by atoms with Crippen LogP contribution in [0.3, 0.4) is 0 Å². The summed E-state index contributed by atoms with van der Waals surface area (Å²) in [5.74, 6) is 0. The van der Waals surface area contributed by atoms with Gasteiger partial charge in [0, 0.05) is 0 Å². The van der Waals surface area contributed by atoms with Crippen LogP contribution >= 0.6 is 11.8 Å². The van der Waals surface area contributed by atoms with Crippen LogP contribution in [0.1, 0.15) is 0 Å². The van der Waals surface area contributed by atoms with E-state index in [0.29, 0.717) is 0 Å². The highest BCUT2D eigenvalue weighted by Crippen LogP contribution is 2.02. The molecule has 0 aliphatic heterocycles. The monoisotopic (exact) mass is 173 g/mol. The first-order valence-corrected chi connectivity index (χ1v) is 5.28. The average Bonchev–Trinajstić information content (AvgIpc) is 2.08. The number of aromatic nitrogens is 1. The molecule has 0 aliphatic rings. The Balaban J connectivity index is 3.39. The van der Waals surface area contributed by atoms with Crippen molar-refractivity contribution in [3.8, 4) is 0 Å². The Morgan fingerprint density at radius 3 is 2.08 bits per heavy atom. The maximum atomic E-state index is 4.51. The third-order valence-corrected chi connectivity index (χ3v) is 3.24. The first-order valence-electron chi connectivity index (χ1n) is 4.06. The summed E-state index contributed by atoms with van der Waals surface area (Å²) in [5.41, 5.74) is 5.19. The Morgan fingerprint density at radius 1 is 1.00 bits per heavy atom. The molecule has 0 atom stereocenters. The summed E-state index contributed by atoms with van der Waals surface area (Å²) in [7, 11) is 8.51. The average molecular weight is 172 g/mol. The van der Waals surface area contributed by atoms with E-state index in [1.54, 1.807) is 11.8 Å². The summed E-state index contributed by atoms with van der Waals surface area (Å²) in [4.78, 5) is 4.51. The van der Waals surface area contributed by atoms with Gasteiger partial charge < -0.3 is 0 Å². The lowest BCUT2D eigenvalue weighted by atomic mass is 9.70. The van der Waals surface area contributed by atoms with E-state index >= 15 is 0 Å². The SMILES string of the molecule is Bc1nc(SC)c(B)c(B)c1B. The van der Waals surface area contributed by atoms with Crippen LogP contribution in [0.5, 0.6) is 0 Å². The van der Waals surface area contributed by atoms with Crippen molar-refractivity contribution in [2.24, 2.45) is 0 Å². The largest absolute Gasteiger partial charge is 0.259 e. The van der Waals surface area contributed by atoms with Gasteiger partial charge in [-0.15, -0.1) is 11.8 Å². The maximum Gasteiger partial charge on any atom is 0.163 e. The van der Waals surface area contributed by atoms with Gasteiger partial charge >= 0.3 is 0 Å². The van der Waals surface area contributed by atoms with Gasteiger partial charge in [0.05, 0.1) is 5.03 Å². The molecule has 0 unspecified atom stereocenters. The zero-order valence-corrected chi connectivity index (χ0v) is 9.17. The Labute approximate surface area is 81.7 Å². The smallest absolute Gasteiger partial charge is 0.163 e. The fourth-order valence-corrected chi connectivity index (χ4v) is 1.92. The molecule has 6 heteroatoms. The number of hydrogen-bond acceptors (Lipinski definition) is 2. The normalized spacial score (nSPS) is 10.1. The number of thioether (sulfide) groups is 1. The molecular formula is C6H11B4NS. The topological polar surface area (TPSA) is 12.9 Å². The van der Waals surface area contributed by atoms with Gasteiger partial charge in [0.2, 0.25) is 0 Å². The van der Waals surface area contributed by atoms with Crippen LogP contribution in [-0.2, 0) is 0 Å². The maximum absolute atomic E-state index is 4.51. The summed E-state index contributed by atoms with van der Waals surface area (Å²) in [6, 6.07) is 0. The lowest BCUT2D eigenvalue weighted by molar-refractivity contribution is 1.22. The molecule has 0 fully saturated rings. The number of rotatable bonds is 1. The Morgan fingerprint density at radius 2 is 1.58 bits per heavy atom. The number of nitrogens with zero attached hydrogens (tertiary/aromatic N) is 1. The van der Waals surface area contributed by atoms with Crippen molar-refractivity contribution >= 4 is 65.1 Å². The van der Waals surface area contributed by atoms with Gasteiger partial charge in [-0.1, -0.05) is 16.4 Å². The van der Waals surface area contributed by atoms with Crippen LogP contribution in [0.15, 0.2) is 5.03 Å². The molecule has 12 heavy (non-hydrogen) atoms. The van der Waals surface area contributed by atoms with Crippen LogP contribution in [0, 0.1) is 0 Å². The highest BCUT2D eigenvalue weighted by molar-refractivity contribution is 7.98. The zero-order valence-electron chi connectivity index (χ0n) is 8.36.